The zero-order valence-corrected chi connectivity index (χ0v) is 13.2. The van der Waals surface area contributed by atoms with E-state index in [0.717, 1.165) is 9.63 Å². The Hall–Kier alpha value is -0.0600. The highest BCUT2D eigenvalue weighted by molar-refractivity contribution is 6.34. The molecule has 0 saturated carbocycles. The van der Waals surface area contributed by atoms with Gasteiger partial charge in [-0.2, -0.15) is 0 Å². The van der Waals surface area contributed by atoms with E-state index in [2.05, 4.69) is 0 Å². The number of halogens is 4. The van der Waals surface area contributed by atoms with Gasteiger partial charge in [0.05, 0.1) is 19.6 Å². The molecule has 6 heteroatoms. The molecule has 0 fully saturated rings. The minimum absolute atomic E-state index is 0. The van der Waals surface area contributed by atoms with Crippen molar-refractivity contribution in [2.45, 2.75) is 19.4 Å². The van der Waals surface area contributed by atoms with Gasteiger partial charge < -0.3 is 12.4 Å². The maximum absolute atomic E-state index is 13.2. The van der Waals surface area contributed by atoms with Crippen LogP contribution in [0.5, 0.6) is 0 Å². The molecule has 2 nitrogen and oxygen atoms in total. The third-order valence-corrected chi connectivity index (χ3v) is 3.66. The summed E-state index contributed by atoms with van der Waals surface area (Å²) in [5, 5.41) is 0. The lowest BCUT2D eigenvalue weighted by molar-refractivity contribution is -0.00000527. The molecule has 1 aromatic carbocycles. The first-order chi connectivity index (χ1) is 7.65. The largest absolute Gasteiger partial charge is 1.00 e. The van der Waals surface area contributed by atoms with Crippen molar-refractivity contribution >= 4 is 29.2 Å². The van der Waals surface area contributed by atoms with Crippen molar-refractivity contribution < 1.29 is 16.8 Å². The molecule has 0 aliphatic heterocycles. The molecule has 0 spiro atoms. The molecule has 0 N–H and O–H groups in total. The Morgan fingerprint density at radius 1 is 1.28 bits per heavy atom. The van der Waals surface area contributed by atoms with Crippen molar-refractivity contribution in [3.63, 3.8) is 0 Å². The van der Waals surface area contributed by atoms with Crippen LogP contribution in [-0.4, -0.2) is 30.1 Å². The molecule has 18 heavy (non-hydrogen) atoms. The standard InChI is InChI=1S/C12H18Cl2FN2.ClH/c1-12(2,16(13)14)9-17(3,4)11-7-5-6-10(15)8-11;/h5-8H,9H2,1-4H3;1H/q+1;/p-1. The monoisotopic (exact) mass is 314 g/mol. The Balaban J connectivity index is 0.00000289. The fourth-order valence-corrected chi connectivity index (χ4v) is 2.07. The van der Waals surface area contributed by atoms with Gasteiger partial charge >= 0.3 is 0 Å². The fourth-order valence-electron chi connectivity index (χ4n) is 1.96. The van der Waals surface area contributed by atoms with Crippen LogP contribution in [0.1, 0.15) is 13.8 Å². The predicted molar refractivity (Wildman–Crippen MR) is 72.5 cm³/mol. The molecule has 0 bridgehead atoms. The van der Waals surface area contributed by atoms with E-state index in [4.69, 9.17) is 23.6 Å². The van der Waals surface area contributed by atoms with Crippen LogP contribution in [-0.2, 0) is 0 Å². The molecule has 0 atom stereocenters. The molecule has 0 aliphatic carbocycles. The highest BCUT2D eigenvalue weighted by Crippen LogP contribution is 2.27. The third kappa shape index (κ3) is 4.56. The average molecular weight is 316 g/mol. The second kappa shape index (κ2) is 6.40. The number of likely N-dealkylation sites (N-methyl/N-ethyl adjacent to an activating group) is 1. The van der Waals surface area contributed by atoms with E-state index in [9.17, 15) is 4.39 Å². The van der Waals surface area contributed by atoms with Crippen LogP contribution in [0, 0.1) is 5.82 Å². The van der Waals surface area contributed by atoms with E-state index < -0.39 is 5.54 Å². The first kappa shape index (κ1) is 17.9. The summed E-state index contributed by atoms with van der Waals surface area (Å²) in [7, 11) is 3.99. The van der Waals surface area contributed by atoms with Gasteiger partial charge in [-0.05, 0) is 49.5 Å². The lowest BCUT2D eigenvalue weighted by Crippen LogP contribution is -3.00. The summed E-state index contributed by atoms with van der Waals surface area (Å²) in [6, 6.07) is 6.57. The number of hydrogen-bond acceptors (Lipinski definition) is 1. The smallest absolute Gasteiger partial charge is 0.135 e. The van der Waals surface area contributed by atoms with Crippen molar-refractivity contribution in [1.29, 1.82) is 0 Å². The Morgan fingerprint density at radius 2 is 1.83 bits per heavy atom. The number of benzene rings is 1. The van der Waals surface area contributed by atoms with Gasteiger partial charge in [-0.15, -0.1) is 3.94 Å². The first-order valence-electron chi connectivity index (χ1n) is 5.36. The number of hydrogen-bond donors (Lipinski definition) is 0. The molecule has 0 amide bonds. The molecule has 1 aromatic rings. The van der Waals surface area contributed by atoms with E-state index in [1.807, 2.05) is 34.0 Å². The Labute approximate surface area is 124 Å². The predicted octanol–water partition coefficient (Wildman–Crippen LogP) is 0.785. The highest BCUT2D eigenvalue weighted by Gasteiger charge is 2.34. The van der Waals surface area contributed by atoms with Gasteiger partial charge in [0, 0.05) is 6.07 Å². The summed E-state index contributed by atoms with van der Waals surface area (Å²) in [6.45, 7) is 4.53. The molecule has 0 saturated heterocycles. The summed E-state index contributed by atoms with van der Waals surface area (Å²) in [6.07, 6.45) is 0. The molecule has 104 valence electrons. The summed E-state index contributed by atoms with van der Waals surface area (Å²) in [4.78, 5) is 0. The van der Waals surface area contributed by atoms with Crippen LogP contribution < -0.4 is 16.9 Å². The second-order valence-electron chi connectivity index (χ2n) is 5.37. The summed E-state index contributed by atoms with van der Waals surface area (Å²) < 4.78 is 14.9. The number of quaternary nitrogens is 1. The summed E-state index contributed by atoms with van der Waals surface area (Å²) in [5.74, 6) is -0.236. The SMILES string of the molecule is CC(C)(C[N+](C)(C)c1cccc(F)c1)N(Cl)Cl.[Cl-]. The maximum Gasteiger partial charge on any atom is 0.135 e. The Bertz CT molecular complexity index is 395. The molecular formula is C12H18Cl3FN2. The minimum atomic E-state index is -0.404. The first-order valence-corrected chi connectivity index (χ1v) is 6.04. The number of rotatable bonds is 4. The summed E-state index contributed by atoms with van der Waals surface area (Å²) >= 11 is 11.6. The molecule has 0 heterocycles. The topological polar surface area (TPSA) is 3.24 Å². The van der Waals surface area contributed by atoms with E-state index in [-0.39, 0.29) is 18.2 Å². The van der Waals surface area contributed by atoms with Crippen molar-refractivity contribution in [3.8, 4) is 0 Å². The summed E-state index contributed by atoms with van der Waals surface area (Å²) in [5.41, 5.74) is 0.479. The maximum atomic E-state index is 13.2. The average Bonchev–Trinajstić information content (AvgIpc) is 2.15. The van der Waals surface area contributed by atoms with E-state index in [1.165, 1.54) is 12.1 Å². The van der Waals surface area contributed by atoms with Crippen molar-refractivity contribution in [2.24, 2.45) is 0 Å². The van der Waals surface area contributed by atoms with Crippen molar-refractivity contribution in [3.05, 3.63) is 30.1 Å². The van der Waals surface area contributed by atoms with Crippen molar-refractivity contribution in [2.75, 3.05) is 20.6 Å². The van der Waals surface area contributed by atoms with Gasteiger partial charge in [-0.3, -0.25) is 4.48 Å². The van der Waals surface area contributed by atoms with Gasteiger partial charge in [0.1, 0.15) is 18.0 Å². The lowest BCUT2D eigenvalue weighted by atomic mass is 10.0. The van der Waals surface area contributed by atoms with Crippen LogP contribution in [0.3, 0.4) is 0 Å². The van der Waals surface area contributed by atoms with Crippen LogP contribution in [0.15, 0.2) is 24.3 Å². The van der Waals surface area contributed by atoms with Gasteiger partial charge in [0.15, 0.2) is 0 Å². The van der Waals surface area contributed by atoms with Crippen molar-refractivity contribution in [1.82, 2.24) is 8.42 Å². The molecule has 1 rings (SSSR count). The zero-order valence-electron chi connectivity index (χ0n) is 10.9. The van der Waals surface area contributed by atoms with Crippen LogP contribution in [0.25, 0.3) is 0 Å². The van der Waals surface area contributed by atoms with E-state index >= 15 is 0 Å². The van der Waals surface area contributed by atoms with Gasteiger partial charge in [0.2, 0.25) is 0 Å². The van der Waals surface area contributed by atoms with E-state index in [1.54, 1.807) is 6.07 Å². The molecule has 0 aromatic heterocycles. The number of nitrogens with zero attached hydrogens (tertiary/aromatic N) is 2. The highest BCUT2D eigenvalue weighted by atomic mass is 35.5. The van der Waals surface area contributed by atoms with Crippen LogP contribution in [0.2, 0.25) is 0 Å². The minimum Gasteiger partial charge on any atom is -1.00 e. The molecule has 0 unspecified atom stereocenters. The molecular weight excluding hydrogens is 298 g/mol. The van der Waals surface area contributed by atoms with Gasteiger partial charge in [-0.25, -0.2) is 4.39 Å². The lowest BCUT2D eigenvalue weighted by Gasteiger charge is -2.38. The molecule has 0 aliphatic rings. The fraction of sp³-hybridized carbons (Fsp3) is 0.500. The second-order valence-corrected chi connectivity index (χ2v) is 6.22. The molecule has 0 radical (unpaired) electrons. The van der Waals surface area contributed by atoms with Gasteiger partial charge in [0.25, 0.3) is 0 Å². The van der Waals surface area contributed by atoms with E-state index in [0.29, 0.717) is 11.0 Å². The quantitative estimate of drug-likeness (QED) is 0.586. The zero-order chi connectivity index (χ0) is 13.3. The Morgan fingerprint density at radius 3 is 2.28 bits per heavy atom. The third-order valence-electron chi connectivity index (χ3n) is 2.75. The van der Waals surface area contributed by atoms with Gasteiger partial charge in [-0.1, -0.05) is 6.07 Å². The normalized spacial score (nSPS) is 12.4. The van der Waals surface area contributed by atoms with Crippen LogP contribution in [0.4, 0.5) is 10.1 Å². The Kier molecular flexibility index (Phi) is 6.38. The van der Waals surface area contributed by atoms with Crippen LogP contribution >= 0.6 is 23.6 Å².